The maximum absolute atomic E-state index is 13.5. The molecule has 1 fully saturated rings. The Bertz CT molecular complexity index is 1380. The molecule has 192 valence electrons. The fourth-order valence-corrected chi connectivity index (χ4v) is 4.84. The van der Waals surface area contributed by atoms with Crippen molar-refractivity contribution in [3.63, 3.8) is 0 Å². The van der Waals surface area contributed by atoms with Gasteiger partial charge in [0.2, 0.25) is 0 Å². The van der Waals surface area contributed by atoms with E-state index in [2.05, 4.69) is 15.9 Å². The fourth-order valence-electron chi connectivity index (χ4n) is 4.30. The molecule has 1 aliphatic heterocycles. The van der Waals surface area contributed by atoms with E-state index in [4.69, 9.17) is 18.9 Å². The number of hydrogen-bond acceptors (Lipinski definition) is 7. The van der Waals surface area contributed by atoms with Gasteiger partial charge in [0, 0.05) is 17.3 Å². The van der Waals surface area contributed by atoms with E-state index in [-0.39, 0.29) is 11.3 Å². The summed E-state index contributed by atoms with van der Waals surface area (Å²) >= 11 is 3.41. The maximum atomic E-state index is 13.5. The van der Waals surface area contributed by atoms with E-state index in [1.807, 2.05) is 6.92 Å². The van der Waals surface area contributed by atoms with Crippen molar-refractivity contribution in [2.24, 2.45) is 0 Å². The zero-order chi connectivity index (χ0) is 26.7. The first-order chi connectivity index (χ1) is 17.8. The number of anilines is 1. The lowest BCUT2D eigenvalue weighted by Gasteiger charge is -2.26. The zero-order valence-corrected chi connectivity index (χ0v) is 22.4. The molecule has 1 amide bonds. The number of ether oxygens (including phenoxy) is 4. The molecule has 1 saturated heterocycles. The van der Waals surface area contributed by atoms with Crippen LogP contribution in [-0.2, 0) is 9.59 Å². The number of aliphatic hydroxyl groups excluding tert-OH is 1. The van der Waals surface area contributed by atoms with Gasteiger partial charge in [-0.1, -0.05) is 12.1 Å². The Morgan fingerprint density at radius 3 is 2.27 bits per heavy atom. The second-order valence-corrected chi connectivity index (χ2v) is 8.92. The van der Waals surface area contributed by atoms with E-state index < -0.39 is 17.7 Å². The number of Topliss-reactive ketones (excluding diaryl/α,β-unsaturated/α-hetero) is 1. The maximum Gasteiger partial charge on any atom is 0.300 e. The van der Waals surface area contributed by atoms with Crippen LogP contribution in [0.3, 0.4) is 0 Å². The molecule has 0 saturated carbocycles. The summed E-state index contributed by atoms with van der Waals surface area (Å²) in [7, 11) is 4.54. The molecule has 0 aromatic heterocycles. The summed E-state index contributed by atoms with van der Waals surface area (Å²) in [5.41, 5.74) is 1.28. The third-order valence-electron chi connectivity index (χ3n) is 6.00. The van der Waals surface area contributed by atoms with Crippen LogP contribution in [0.15, 0.2) is 70.7 Å². The van der Waals surface area contributed by atoms with Crippen LogP contribution in [-0.4, -0.2) is 44.7 Å². The van der Waals surface area contributed by atoms with Crippen LogP contribution >= 0.6 is 15.9 Å². The highest BCUT2D eigenvalue weighted by atomic mass is 79.9. The van der Waals surface area contributed by atoms with Crippen LogP contribution in [0.4, 0.5) is 5.69 Å². The molecule has 3 aromatic rings. The number of rotatable bonds is 8. The molecule has 1 atom stereocenters. The summed E-state index contributed by atoms with van der Waals surface area (Å²) in [6.45, 7) is 2.29. The van der Waals surface area contributed by atoms with Crippen LogP contribution in [0, 0.1) is 0 Å². The predicted octanol–water partition coefficient (Wildman–Crippen LogP) is 5.50. The van der Waals surface area contributed by atoms with E-state index in [1.54, 1.807) is 60.7 Å². The Balaban J connectivity index is 1.96. The lowest BCUT2D eigenvalue weighted by molar-refractivity contribution is -0.132. The zero-order valence-electron chi connectivity index (χ0n) is 20.8. The highest BCUT2D eigenvalue weighted by Gasteiger charge is 2.47. The summed E-state index contributed by atoms with van der Waals surface area (Å²) in [5, 5.41) is 11.4. The molecule has 1 unspecified atom stereocenters. The summed E-state index contributed by atoms with van der Waals surface area (Å²) in [5.74, 6) is 0.105. The lowest BCUT2D eigenvalue weighted by Crippen LogP contribution is -2.29. The van der Waals surface area contributed by atoms with Crippen LogP contribution in [0.1, 0.15) is 24.1 Å². The van der Waals surface area contributed by atoms with Gasteiger partial charge in [0.05, 0.1) is 44.0 Å². The molecule has 8 nitrogen and oxygen atoms in total. The summed E-state index contributed by atoms with van der Waals surface area (Å²) < 4.78 is 22.3. The molecule has 0 spiro atoms. The SMILES string of the molecule is CCOc1cccc(N2C(=O)C(=O)/C(=C(\O)c3ccc(OC)c(Br)c3)C2c2ccc(OC)c(OC)c2)c1. The second kappa shape index (κ2) is 11.0. The Hall–Kier alpha value is -3.98. The molecule has 1 heterocycles. The molecule has 4 rings (SSSR count). The van der Waals surface area contributed by atoms with Gasteiger partial charge in [0.25, 0.3) is 11.7 Å². The van der Waals surface area contributed by atoms with Crippen molar-refractivity contribution >= 4 is 39.1 Å². The summed E-state index contributed by atoms with van der Waals surface area (Å²) in [6.07, 6.45) is 0. The third kappa shape index (κ3) is 4.86. The number of benzene rings is 3. The minimum atomic E-state index is -0.947. The number of amides is 1. The Labute approximate surface area is 223 Å². The van der Waals surface area contributed by atoms with Crippen molar-refractivity contribution < 1.29 is 33.6 Å². The quantitative estimate of drug-likeness (QED) is 0.218. The third-order valence-corrected chi connectivity index (χ3v) is 6.62. The first-order valence-electron chi connectivity index (χ1n) is 11.4. The molecule has 1 aliphatic rings. The summed E-state index contributed by atoms with van der Waals surface area (Å²) in [6, 6.07) is 16.0. The average molecular weight is 568 g/mol. The van der Waals surface area contributed by atoms with Gasteiger partial charge in [0.1, 0.15) is 17.3 Å². The number of halogens is 1. The number of aliphatic hydroxyl groups is 1. The van der Waals surface area contributed by atoms with Gasteiger partial charge in [-0.25, -0.2) is 0 Å². The lowest BCUT2D eigenvalue weighted by atomic mass is 9.94. The Morgan fingerprint density at radius 2 is 1.62 bits per heavy atom. The molecule has 0 radical (unpaired) electrons. The van der Waals surface area contributed by atoms with Gasteiger partial charge >= 0.3 is 0 Å². The number of methoxy groups -OCH3 is 3. The van der Waals surface area contributed by atoms with Gasteiger partial charge < -0.3 is 24.1 Å². The number of hydrogen-bond donors (Lipinski definition) is 1. The fraction of sp³-hybridized carbons (Fsp3) is 0.214. The van der Waals surface area contributed by atoms with Crippen molar-refractivity contribution in [3.8, 4) is 23.0 Å². The predicted molar refractivity (Wildman–Crippen MR) is 143 cm³/mol. The average Bonchev–Trinajstić information content (AvgIpc) is 3.18. The summed E-state index contributed by atoms with van der Waals surface area (Å²) in [4.78, 5) is 28.3. The van der Waals surface area contributed by atoms with Gasteiger partial charge in [-0.05, 0) is 70.9 Å². The Kier molecular flexibility index (Phi) is 7.73. The van der Waals surface area contributed by atoms with Crippen LogP contribution in [0.2, 0.25) is 0 Å². The monoisotopic (exact) mass is 567 g/mol. The van der Waals surface area contributed by atoms with E-state index >= 15 is 0 Å². The Morgan fingerprint density at radius 1 is 0.919 bits per heavy atom. The van der Waals surface area contributed by atoms with Gasteiger partial charge in [-0.15, -0.1) is 0 Å². The standard InChI is InChI=1S/C28H26BrNO7/c1-5-37-19-8-6-7-18(15-19)30-25(16-9-12-22(35-3)23(14-16)36-4)24(27(32)28(30)33)26(31)17-10-11-21(34-2)20(29)13-17/h6-15,25,31H,5H2,1-4H3/b26-24-. The minimum absolute atomic E-state index is 0.0592. The first kappa shape index (κ1) is 26.1. The molecule has 1 N–H and O–H groups in total. The number of carbonyl (C=O) groups excluding carboxylic acids is 2. The van der Waals surface area contributed by atoms with E-state index in [0.717, 1.165) is 0 Å². The molecular weight excluding hydrogens is 542 g/mol. The van der Waals surface area contributed by atoms with Crippen molar-refractivity contribution in [2.45, 2.75) is 13.0 Å². The second-order valence-electron chi connectivity index (χ2n) is 8.06. The van der Waals surface area contributed by atoms with Crippen molar-refractivity contribution in [3.05, 3.63) is 81.8 Å². The van der Waals surface area contributed by atoms with Crippen LogP contribution in [0.25, 0.3) is 5.76 Å². The number of nitrogens with zero attached hydrogens (tertiary/aromatic N) is 1. The largest absolute Gasteiger partial charge is 0.507 e. The number of carbonyl (C=O) groups is 2. The van der Waals surface area contributed by atoms with E-state index in [0.29, 0.717) is 50.9 Å². The van der Waals surface area contributed by atoms with Crippen LogP contribution in [0.5, 0.6) is 23.0 Å². The highest BCUT2D eigenvalue weighted by molar-refractivity contribution is 9.10. The van der Waals surface area contributed by atoms with Crippen molar-refractivity contribution in [1.29, 1.82) is 0 Å². The molecule has 3 aromatic carbocycles. The molecular formula is C28H26BrNO7. The number of ketones is 1. The minimum Gasteiger partial charge on any atom is -0.507 e. The topological polar surface area (TPSA) is 94.5 Å². The van der Waals surface area contributed by atoms with Crippen LogP contribution < -0.4 is 23.8 Å². The molecule has 0 aliphatic carbocycles. The highest BCUT2D eigenvalue weighted by Crippen LogP contribution is 2.45. The van der Waals surface area contributed by atoms with Crippen molar-refractivity contribution in [2.75, 3.05) is 32.8 Å². The molecule has 9 heteroatoms. The van der Waals surface area contributed by atoms with E-state index in [9.17, 15) is 14.7 Å². The first-order valence-corrected chi connectivity index (χ1v) is 12.2. The molecule has 0 bridgehead atoms. The van der Waals surface area contributed by atoms with Crippen molar-refractivity contribution in [1.82, 2.24) is 0 Å². The smallest absolute Gasteiger partial charge is 0.300 e. The van der Waals surface area contributed by atoms with Gasteiger partial charge in [-0.2, -0.15) is 0 Å². The van der Waals surface area contributed by atoms with E-state index in [1.165, 1.54) is 26.2 Å². The van der Waals surface area contributed by atoms with Gasteiger partial charge in [0.15, 0.2) is 11.5 Å². The van der Waals surface area contributed by atoms with Gasteiger partial charge in [-0.3, -0.25) is 14.5 Å². The molecule has 37 heavy (non-hydrogen) atoms. The normalized spacial score (nSPS) is 16.6.